The summed E-state index contributed by atoms with van der Waals surface area (Å²) in [6.07, 6.45) is 1.46. The number of hydrogen-bond acceptors (Lipinski definition) is 4. The molecule has 0 saturated heterocycles. The van der Waals surface area contributed by atoms with Crippen LogP contribution in [0.5, 0.6) is 0 Å². The predicted octanol–water partition coefficient (Wildman–Crippen LogP) is 5.61. The second kappa shape index (κ2) is 12.1. The van der Waals surface area contributed by atoms with E-state index in [2.05, 4.69) is 20.5 Å². The lowest BCUT2D eigenvalue weighted by Gasteiger charge is -2.22. The smallest absolute Gasteiger partial charge is 0.251 e. The van der Waals surface area contributed by atoms with Crippen molar-refractivity contribution in [2.24, 2.45) is 5.73 Å². The van der Waals surface area contributed by atoms with Crippen molar-refractivity contribution in [1.29, 1.82) is 0 Å². The van der Waals surface area contributed by atoms with E-state index in [-0.39, 0.29) is 29.9 Å². The Hall–Kier alpha value is -5.25. The van der Waals surface area contributed by atoms with Crippen LogP contribution in [0.15, 0.2) is 85.1 Å². The van der Waals surface area contributed by atoms with Gasteiger partial charge in [-0.3, -0.25) is 19.7 Å². The third kappa shape index (κ3) is 6.22. The molecule has 0 fully saturated rings. The van der Waals surface area contributed by atoms with Crippen molar-refractivity contribution in [1.82, 2.24) is 20.5 Å². The van der Waals surface area contributed by atoms with E-state index in [1.165, 1.54) is 30.5 Å². The fraction of sp³-hybridized carbons (Fsp3) is 0.125. The molecule has 42 heavy (non-hydrogen) atoms. The van der Waals surface area contributed by atoms with E-state index >= 15 is 0 Å². The third-order valence-electron chi connectivity index (χ3n) is 6.87. The van der Waals surface area contributed by atoms with Crippen LogP contribution >= 0.6 is 0 Å². The van der Waals surface area contributed by atoms with Gasteiger partial charge in [-0.25, -0.2) is 13.2 Å². The van der Waals surface area contributed by atoms with Crippen LogP contribution in [0.25, 0.3) is 22.4 Å². The first-order valence-corrected chi connectivity index (χ1v) is 13.1. The Bertz CT molecular complexity index is 1750. The van der Waals surface area contributed by atoms with Gasteiger partial charge in [0.2, 0.25) is 5.91 Å². The van der Waals surface area contributed by atoms with Gasteiger partial charge in [-0.1, -0.05) is 42.5 Å². The molecule has 4 N–H and O–H groups in total. The molecule has 0 unspecified atom stereocenters. The van der Waals surface area contributed by atoms with Crippen molar-refractivity contribution in [3.63, 3.8) is 0 Å². The van der Waals surface area contributed by atoms with Crippen LogP contribution in [0.3, 0.4) is 0 Å². The van der Waals surface area contributed by atoms with Crippen molar-refractivity contribution >= 4 is 11.8 Å². The lowest BCUT2D eigenvalue weighted by Crippen LogP contribution is -2.32. The highest BCUT2D eigenvalue weighted by Crippen LogP contribution is 2.31. The monoisotopic (exact) mass is 569 g/mol. The molecule has 212 valence electrons. The van der Waals surface area contributed by atoms with Gasteiger partial charge in [-0.15, -0.1) is 0 Å². The number of aromatic amines is 1. The van der Waals surface area contributed by atoms with E-state index in [1.54, 1.807) is 12.1 Å². The van der Waals surface area contributed by atoms with E-state index in [4.69, 9.17) is 5.73 Å². The van der Waals surface area contributed by atoms with Gasteiger partial charge in [0, 0.05) is 34.6 Å². The minimum absolute atomic E-state index is 0.00971. The highest BCUT2D eigenvalue weighted by molar-refractivity contribution is 5.94. The molecule has 7 nitrogen and oxygen atoms in total. The Balaban J connectivity index is 1.53. The molecule has 0 aliphatic heterocycles. The highest BCUT2D eigenvalue weighted by Gasteiger charge is 2.24. The SMILES string of the molecule is Cc1[nH]nc(-c2ccccc2)c1CC(=O)N[C@@H](Cc1cc(F)cc(F)c1)c1ncccc1-c1ccc(F)c(C(N)=O)c1. The van der Waals surface area contributed by atoms with Crippen LogP contribution < -0.4 is 11.1 Å². The van der Waals surface area contributed by atoms with Crippen LogP contribution in [0.2, 0.25) is 0 Å². The molecule has 0 aliphatic rings. The zero-order chi connectivity index (χ0) is 29.8. The number of halogens is 3. The van der Waals surface area contributed by atoms with Crippen molar-refractivity contribution in [3.05, 3.63) is 131 Å². The zero-order valence-electron chi connectivity index (χ0n) is 22.5. The summed E-state index contributed by atoms with van der Waals surface area (Å²) in [5.41, 5.74) is 9.48. The number of primary amides is 1. The van der Waals surface area contributed by atoms with E-state index in [1.807, 2.05) is 37.3 Å². The van der Waals surface area contributed by atoms with Crippen LogP contribution in [0.1, 0.15) is 38.9 Å². The van der Waals surface area contributed by atoms with E-state index in [9.17, 15) is 22.8 Å². The van der Waals surface area contributed by atoms with Crippen LogP contribution in [0, 0.1) is 24.4 Å². The molecule has 5 aromatic rings. The molecule has 0 saturated carbocycles. The lowest BCUT2D eigenvalue weighted by molar-refractivity contribution is -0.121. The highest BCUT2D eigenvalue weighted by atomic mass is 19.1. The maximum absolute atomic E-state index is 14.2. The largest absolute Gasteiger partial charge is 0.366 e. The Labute approximate surface area is 239 Å². The number of amides is 2. The molecule has 3 aromatic carbocycles. The summed E-state index contributed by atoms with van der Waals surface area (Å²) in [7, 11) is 0. The normalized spacial score (nSPS) is 11.7. The summed E-state index contributed by atoms with van der Waals surface area (Å²) < 4.78 is 42.5. The van der Waals surface area contributed by atoms with Crippen molar-refractivity contribution < 1.29 is 22.8 Å². The molecule has 0 spiro atoms. The Morgan fingerprint density at radius 2 is 1.67 bits per heavy atom. The minimum Gasteiger partial charge on any atom is -0.366 e. The first kappa shape index (κ1) is 28.3. The average Bonchev–Trinajstić information content (AvgIpc) is 3.32. The molecular formula is C32H26F3N5O2. The maximum atomic E-state index is 14.2. The van der Waals surface area contributed by atoms with E-state index in [0.717, 1.165) is 23.4 Å². The predicted molar refractivity (Wildman–Crippen MR) is 152 cm³/mol. The second-order valence-electron chi connectivity index (χ2n) is 9.82. The van der Waals surface area contributed by atoms with Crippen molar-refractivity contribution in [2.45, 2.75) is 25.8 Å². The molecule has 5 rings (SSSR count). The first-order valence-electron chi connectivity index (χ1n) is 13.1. The van der Waals surface area contributed by atoms with E-state index in [0.29, 0.717) is 28.1 Å². The van der Waals surface area contributed by atoms with Gasteiger partial charge in [-0.05, 0) is 54.8 Å². The zero-order valence-corrected chi connectivity index (χ0v) is 22.5. The number of aromatic nitrogens is 3. The summed E-state index contributed by atoms with van der Waals surface area (Å²) in [4.78, 5) is 29.9. The molecule has 0 bridgehead atoms. The molecule has 0 radical (unpaired) electrons. The van der Waals surface area contributed by atoms with Gasteiger partial charge in [0.25, 0.3) is 5.91 Å². The van der Waals surface area contributed by atoms with Gasteiger partial charge < -0.3 is 11.1 Å². The summed E-state index contributed by atoms with van der Waals surface area (Å²) in [5, 5.41) is 10.3. The molecule has 2 heterocycles. The topological polar surface area (TPSA) is 114 Å². The number of carbonyl (C=O) groups excluding carboxylic acids is 2. The quantitative estimate of drug-likeness (QED) is 0.214. The lowest BCUT2D eigenvalue weighted by atomic mass is 9.94. The van der Waals surface area contributed by atoms with Crippen molar-refractivity contribution in [3.8, 4) is 22.4 Å². The summed E-state index contributed by atoms with van der Waals surface area (Å²) in [5.74, 6) is -3.62. The summed E-state index contributed by atoms with van der Waals surface area (Å²) >= 11 is 0. The molecule has 0 aliphatic carbocycles. The third-order valence-corrected chi connectivity index (χ3v) is 6.87. The van der Waals surface area contributed by atoms with Gasteiger partial charge in [0.15, 0.2) is 0 Å². The van der Waals surface area contributed by atoms with Crippen LogP contribution in [-0.4, -0.2) is 27.0 Å². The number of nitrogens with two attached hydrogens (primary N) is 1. The number of carbonyl (C=O) groups is 2. The Morgan fingerprint density at radius 1 is 0.929 bits per heavy atom. The summed E-state index contributed by atoms with van der Waals surface area (Å²) in [6.45, 7) is 1.82. The average molecular weight is 570 g/mol. The molecular weight excluding hydrogens is 543 g/mol. The summed E-state index contributed by atoms with van der Waals surface area (Å²) in [6, 6.07) is 18.9. The molecule has 2 aromatic heterocycles. The fourth-order valence-corrected chi connectivity index (χ4v) is 4.91. The Kier molecular flexibility index (Phi) is 8.14. The number of hydrogen-bond donors (Lipinski definition) is 3. The minimum atomic E-state index is -0.940. The molecule has 2 amide bonds. The van der Waals surface area contributed by atoms with Gasteiger partial charge in [-0.2, -0.15) is 5.10 Å². The van der Waals surface area contributed by atoms with Crippen LogP contribution in [0.4, 0.5) is 13.2 Å². The number of nitrogens with one attached hydrogen (secondary N) is 2. The van der Waals surface area contributed by atoms with Crippen LogP contribution in [-0.2, 0) is 17.6 Å². The van der Waals surface area contributed by atoms with Crippen molar-refractivity contribution in [2.75, 3.05) is 0 Å². The number of rotatable bonds is 9. The van der Waals surface area contributed by atoms with Gasteiger partial charge in [0.1, 0.15) is 17.5 Å². The van der Waals surface area contributed by atoms with E-state index < -0.39 is 29.4 Å². The first-order chi connectivity index (χ1) is 20.2. The number of benzene rings is 3. The second-order valence-corrected chi connectivity index (χ2v) is 9.82. The molecule has 10 heteroatoms. The molecule has 1 atom stereocenters. The maximum Gasteiger partial charge on any atom is 0.251 e. The Morgan fingerprint density at radius 3 is 2.38 bits per heavy atom. The number of aryl methyl sites for hydroxylation is 1. The van der Waals surface area contributed by atoms with Gasteiger partial charge >= 0.3 is 0 Å². The van der Waals surface area contributed by atoms with Gasteiger partial charge in [0.05, 0.1) is 29.4 Å². The standard InChI is InChI=1S/C32H26F3N5O2/c1-18-25(30(40-39-18)20-6-3-2-4-7-20)17-29(41)38-28(14-19-12-22(33)16-23(34)13-19)31-24(8-5-11-37-31)21-9-10-27(35)26(15-21)32(36)42/h2-13,15-16,28H,14,17H2,1H3,(H2,36,42)(H,38,41)(H,39,40)/t28-/m0/s1. The number of H-pyrrole nitrogens is 1. The number of pyridine rings is 1. The number of nitrogens with zero attached hydrogens (tertiary/aromatic N) is 2. The fourth-order valence-electron chi connectivity index (χ4n) is 4.91.